The molecule has 0 aromatic carbocycles. The molecule has 0 aliphatic heterocycles. The van der Waals surface area contributed by atoms with Crippen molar-refractivity contribution >= 4 is 7.75 Å². The number of nitrogens with zero attached hydrogens (tertiary/aromatic N) is 2. The minimum absolute atomic E-state index is 0.483. The highest BCUT2D eigenvalue weighted by Gasteiger charge is 2.24. The topological polar surface area (TPSA) is 56.4 Å². The largest absolute Gasteiger partial charge is 0.405 e. The van der Waals surface area contributed by atoms with Crippen molar-refractivity contribution in [1.82, 2.24) is 9.65 Å². The lowest BCUT2D eigenvalue weighted by molar-refractivity contribution is -0.671. The van der Waals surface area contributed by atoms with E-state index >= 15 is 0 Å². The van der Waals surface area contributed by atoms with Gasteiger partial charge in [-0.15, -0.1) is 0 Å². The first kappa shape index (κ1) is 45.8. The molecule has 1 rings (SSSR count). The minimum Gasteiger partial charge on any atom is -0.297 e. The molecule has 0 spiro atoms. The molecule has 49 heavy (non-hydrogen) atoms. The summed E-state index contributed by atoms with van der Waals surface area (Å²) in [5.74, 6) is 0. The molecule has 0 bridgehead atoms. The third-order valence-corrected chi connectivity index (χ3v) is 11.0. The number of allylic oxidation sites excluding steroid dienone is 4. The Morgan fingerprint density at radius 3 is 1.31 bits per heavy atom. The van der Waals surface area contributed by atoms with E-state index in [4.69, 9.17) is 9.05 Å². The third kappa shape index (κ3) is 31.3. The quantitative estimate of drug-likeness (QED) is 0.0322. The maximum Gasteiger partial charge on any atom is 0.405 e. The van der Waals surface area contributed by atoms with Crippen molar-refractivity contribution in [3.8, 4) is 0 Å². The normalized spacial score (nSPS) is 12.3. The smallest absolute Gasteiger partial charge is 0.297 e. The van der Waals surface area contributed by atoms with Gasteiger partial charge in [0.1, 0.15) is 18.9 Å². The van der Waals surface area contributed by atoms with E-state index in [1.807, 2.05) is 30.3 Å². The molecule has 0 saturated carbocycles. The number of hydrogen-bond donors (Lipinski definition) is 1. The molecule has 0 fully saturated rings. The Kier molecular flexibility index (Phi) is 32.9. The van der Waals surface area contributed by atoms with Gasteiger partial charge in [0.05, 0.1) is 20.3 Å². The number of imidazole rings is 1. The van der Waals surface area contributed by atoms with Crippen LogP contribution in [0.15, 0.2) is 43.0 Å². The van der Waals surface area contributed by atoms with Gasteiger partial charge in [-0.25, -0.2) is 18.8 Å². The number of unbranched alkanes of at least 4 members (excludes halogenated alkanes) is 24. The first-order valence-electron chi connectivity index (χ1n) is 21.0. The van der Waals surface area contributed by atoms with Crippen LogP contribution >= 0.6 is 7.75 Å². The lowest BCUT2D eigenvalue weighted by Crippen LogP contribution is -2.25. The van der Waals surface area contributed by atoms with Crippen LogP contribution in [0.25, 0.3) is 0 Å². The fraction of sp³-hybridized carbons (Fsp3) is 0.833. The van der Waals surface area contributed by atoms with Crippen LogP contribution in [0, 0.1) is 0 Å². The van der Waals surface area contributed by atoms with Crippen LogP contribution in [0.4, 0.5) is 0 Å². The Hall–Kier alpha value is -1.20. The molecule has 0 aliphatic carbocycles. The first-order valence-corrected chi connectivity index (χ1v) is 22.6. The zero-order valence-electron chi connectivity index (χ0n) is 32.7. The van der Waals surface area contributed by atoms with Crippen LogP contribution in [0.3, 0.4) is 0 Å². The van der Waals surface area contributed by atoms with Gasteiger partial charge in [0.25, 0.3) is 0 Å². The average molecular weight is 707 g/mol. The van der Waals surface area contributed by atoms with Crippen molar-refractivity contribution < 1.29 is 18.2 Å². The maximum atomic E-state index is 13.5. The van der Waals surface area contributed by atoms with Gasteiger partial charge in [0.2, 0.25) is 6.33 Å². The molecule has 1 aromatic heterocycles. The number of hydrogen-bond acceptors (Lipinski definition) is 3. The van der Waals surface area contributed by atoms with Crippen LogP contribution in [0.1, 0.15) is 194 Å². The van der Waals surface area contributed by atoms with E-state index in [1.165, 1.54) is 154 Å². The summed E-state index contributed by atoms with van der Waals surface area (Å²) in [4.78, 5) is 0. The first-order chi connectivity index (χ1) is 24.1. The minimum atomic E-state index is -3.31. The second kappa shape index (κ2) is 35.2. The molecule has 0 aliphatic rings. The lowest BCUT2D eigenvalue weighted by Gasteiger charge is -2.19. The van der Waals surface area contributed by atoms with Gasteiger partial charge in [-0.2, -0.15) is 0 Å². The van der Waals surface area contributed by atoms with Crippen LogP contribution in [0.2, 0.25) is 0 Å². The molecule has 1 N–H and O–H groups in total. The summed E-state index contributed by atoms with van der Waals surface area (Å²) in [6.45, 7) is 6.79. The molecule has 0 radical (unpaired) electrons. The van der Waals surface area contributed by atoms with Crippen molar-refractivity contribution in [2.45, 2.75) is 200 Å². The van der Waals surface area contributed by atoms with Gasteiger partial charge >= 0.3 is 7.75 Å². The standard InChI is InChI=1S/C42H81N3O3P/c1-4-6-8-10-12-14-16-18-20-22-24-26-28-30-32-34-40-47-49(46,43-36-37-45-39-38-44(3)42-45)48-41-35-33-31-29-27-25-23-21-19-17-15-13-11-9-7-5-2/h18-21,38-39,42H,4-17,22-37,40-41H2,1-3H3,(H,43,46)/q+1/b20-18+,21-19+. The van der Waals surface area contributed by atoms with Crippen molar-refractivity contribution in [2.75, 3.05) is 19.8 Å². The molecule has 7 heteroatoms. The van der Waals surface area contributed by atoms with Crippen LogP contribution in [-0.2, 0) is 27.2 Å². The highest BCUT2D eigenvalue weighted by Crippen LogP contribution is 2.44. The van der Waals surface area contributed by atoms with Gasteiger partial charge < -0.3 is 0 Å². The summed E-state index contributed by atoms with van der Waals surface area (Å²) < 4.78 is 29.5. The monoisotopic (exact) mass is 707 g/mol. The Labute approximate surface area is 304 Å². The SMILES string of the molecule is CCCCCCCC/C=C/CCCCCCCCOP(=O)(NCCn1cc[n+](C)c1)OCCCCCCCC/C=C/CCCCCCCC. The Bertz CT molecular complexity index is 884. The van der Waals surface area contributed by atoms with Crippen LogP contribution in [-0.4, -0.2) is 24.3 Å². The van der Waals surface area contributed by atoms with E-state index in [0.29, 0.717) is 19.8 Å². The molecule has 0 unspecified atom stereocenters. The van der Waals surface area contributed by atoms with Crippen LogP contribution in [0.5, 0.6) is 0 Å². The van der Waals surface area contributed by atoms with Crippen molar-refractivity contribution in [2.24, 2.45) is 7.05 Å². The Morgan fingerprint density at radius 1 is 0.571 bits per heavy atom. The Morgan fingerprint density at radius 2 is 0.939 bits per heavy atom. The van der Waals surface area contributed by atoms with Gasteiger partial charge in [-0.1, -0.05) is 154 Å². The summed E-state index contributed by atoms with van der Waals surface area (Å²) in [6.07, 6.45) is 51.2. The van der Waals surface area contributed by atoms with E-state index in [0.717, 1.165) is 32.2 Å². The van der Waals surface area contributed by atoms with Crippen molar-refractivity contribution in [1.29, 1.82) is 0 Å². The van der Waals surface area contributed by atoms with Crippen molar-refractivity contribution in [3.63, 3.8) is 0 Å². The fourth-order valence-corrected chi connectivity index (χ4v) is 7.52. The van der Waals surface area contributed by atoms with Gasteiger partial charge in [0, 0.05) is 6.54 Å². The van der Waals surface area contributed by atoms with E-state index < -0.39 is 7.75 Å². The number of aryl methyl sites for hydroxylation is 1. The third-order valence-electron chi connectivity index (χ3n) is 9.33. The van der Waals surface area contributed by atoms with Gasteiger partial charge in [-0.3, -0.25) is 9.05 Å². The molecule has 0 amide bonds. The number of nitrogens with one attached hydrogen (secondary N) is 1. The van der Waals surface area contributed by atoms with E-state index in [2.05, 4.69) is 47.8 Å². The molecular weight excluding hydrogens is 625 g/mol. The van der Waals surface area contributed by atoms with Gasteiger partial charge in [0.15, 0.2) is 0 Å². The molecule has 0 atom stereocenters. The molecule has 1 heterocycles. The molecule has 6 nitrogen and oxygen atoms in total. The summed E-state index contributed by atoms with van der Waals surface area (Å²) in [7, 11) is -1.31. The van der Waals surface area contributed by atoms with E-state index in [-0.39, 0.29) is 0 Å². The predicted molar refractivity (Wildman–Crippen MR) is 212 cm³/mol. The second-order valence-electron chi connectivity index (χ2n) is 14.3. The Balaban J connectivity index is 2.12. The summed E-state index contributed by atoms with van der Waals surface area (Å²) in [5.41, 5.74) is 0. The molecule has 0 saturated heterocycles. The molecule has 286 valence electrons. The van der Waals surface area contributed by atoms with Crippen LogP contribution < -0.4 is 9.65 Å². The molecular formula is C42H81N3O3P+. The zero-order chi connectivity index (χ0) is 35.4. The fourth-order valence-electron chi connectivity index (χ4n) is 6.15. The molecule has 1 aromatic rings. The summed E-state index contributed by atoms with van der Waals surface area (Å²) >= 11 is 0. The zero-order valence-corrected chi connectivity index (χ0v) is 33.6. The predicted octanol–water partition coefficient (Wildman–Crippen LogP) is 13.1. The number of aromatic nitrogens is 2. The summed E-state index contributed by atoms with van der Waals surface area (Å²) in [5, 5.41) is 3.13. The highest BCUT2D eigenvalue weighted by atomic mass is 31.2. The van der Waals surface area contributed by atoms with Crippen molar-refractivity contribution in [3.05, 3.63) is 43.0 Å². The lowest BCUT2D eigenvalue weighted by atomic mass is 10.1. The second-order valence-corrected chi connectivity index (χ2v) is 16.1. The summed E-state index contributed by atoms with van der Waals surface area (Å²) in [6, 6.07) is 0. The highest BCUT2D eigenvalue weighted by molar-refractivity contribution is 7.51. The number of rotatable bonds is 38. The van der Waals surface area contributed by atoms with Gasteiger partial charge in [-0.05, 0) is 64.2 Å². The average Bonchev–Trinajstić information content (AvgIpc) is 3.52. The van der Waals surface area contributed by atoms with E-state index in [1.54, 1.807) is 0 Å². The maximum absolute atomic E-state index is 13.5. The van der Waals surface area contributed by atoms with E-state index in [9.17, 15) is 4.57 Å².